The van der Waals surface area contributed by atoms with Crippen LogP contribution in [0.4, 0.5) is 0 Å². The van der Waals surface area contributed by atoms with Crippen molar-refractivity contribution in [3.63, 3.8) is 0 Å². The SMILES string of the molecule is CC(C)c1cc(O)cc(CNC[C@@H](O)[C@@H](N)Cc2ccccc2)c1. The predicted octanol–water partition coefficient (Wildman–Crippen LogP) is 2.54. The Balaban J connectivity index is 1.83. The van der Waals surface area contributed by atoms with Gasteiger partial charge in [0.15, 0.2) is 0 Å². The molecule has 130 valence electrons. The predicted molar refractivity (Wildman–Crippen MR) is 98.0 cm³/mol. The van der Waals surface area contributed by atoms with Crippen LogP contribution in [0.1, 0.15) is 36.5 Å². The second-order valence-electron chi connectivity index (χ2n) is 6.64. The van der Waals surface area contributed by atoms with Gasteiger partial charge in [-0.05, 0) is 41.2 Å². The Bertz CT molecular complexity index is 629. The maximum atomic E-state index is 10.2. The maximum absolute atomic E-state index is 10.2. The van der Waals surface area contributed by atoms with Gasteiger partial charge in [0.2, 0.25) is 0 Å². The Morgan fingerprint density at radius 1 is 1.04 bits per heavy atom. The van der Waals surface area contributed by atoms with Crippen LogP contribution in [0.2, 0.25) is 0 Å². The Hall–Kier alpha value is -1.88. The van der Waals surface area contributed by atoms with E-state index in [-0.39, 0.29) is 11.8 Å². The molecular weight excluding hydrogens is 300 g/mol. The highest BCUT2D eigenvalue weighted by atomic mass is 16.3. The smallest absolute Gasteiger partial charge is 0.116 e. The second-order valence-corrected chi connectivity index (χ2v) is 6.64. The first kappa shape index (κ1) is 18.5. The van der Waals surface area contributed by atoms with Crippen LogP contribution in [0.3, 0.4) is 0 Å². The third-order valence-corrected chi connectivity index (χ3v) is 4.16. The van der Waals surface area contributed by atoms with E-state index in [0.29, 0.717) is 25.4 Å². The van der Waals surface area contributed by atoms with Gasteiger partial charge >= 0.3 is 0 Å². The lowest BCUT2D eigenvalue weighted by molar-refractivity contribution is 0.141. The van der Waals surface area contributed by atoms with E-state index in [2.05, 4.69) is 25.2 Å². The number of aliphatic hydroxyl groups excluding tert-OH is 1. The molecule has 0 saturated heterocycles. The maximum Gasteiger partial charge on any atom is 0.116 e. The summed E-state index contributed by atoms with van der Waals surface area (Å²) < 4.78 is 0. The Labute approximate surface area is 144 Å². The van der Waals surface area contributed by atoms with E-state index < -0.39 is 6.10 Å². The summed E-state index contributed by atoms with van der Waals surface area (Å²) in [6, 6.07) is 15.2. The topological polar surface area (TPSA) is 78.5 Å². The fraction of sp³-hybridized carbons (Fsp3) is 0.400. The van der Waals surface area contributed by atoms with Crippen LogP contribution >= 0.6 is 0 Å². The van der Waals surface area contributed by atoms with Gasteiger partial charge in [-0.3, -0.25) is 0 Å². The van der Waals surface area contributed by atoms with Crippen LogP contribution in [-0.2, 0) is 13.0 Å². The molecule has 0 radical (unpaired) electrons. The monoisotopic (exact) mass is 328 g/mol. The summed E-state index contributed by atoms with van der Waals surface area (Å²) in [4.78, 5) is 0. The Morgan fingerprint density at radius 3 is 2.42 bits per heavy atom. The molecule has 0 aliphatic carbocycles. The van der Waals surface area contributed by atoms with E-state index in [9.17, 15) is 10.2 Å². The zero-order valence-corrected chi connectivity index (χ0v) is 14.4. The molecule has 0 aliphatic rings. The molecule has 0 aliphatic heterocycles. The van der Waals surface area contributed by atoms with E-state index in [1.54, 1.807) is 12.1 Å². The van der Waals surface area contributed by atoms with Crippen molar-refractivity contribution in [2.24, 2.45) is 5.73 Å². The molecule has 2 rings (SSSR count). The summed E-state index contributed by atoms with van der Waals surface area (Å²) in [5.41, 5.74) is 9.32. The number of hydrogen-bond acceptors (Lipinski definition) is 4. The largest absolute Gasteiger partial charge is 0.508 e. The lowest BCUT2D eigenvalue weighted by Crippen LogP contribution is -2.43. The molecule has 2 aromatic carbocycles. The van der Waals surface area contributed by atoms with Crippen LogP contribution in [0.5, 0.6) is 5.75 Å². The lowest BCUT2D eigenvalue weighted by atomic mass is 10.00. The van der Waals surface area contributed by atoms with E-state index in [0.717, 1.165) is 16.7 Å². The van der Waals surface area contributed by atoms with Gasteiger partial charge in [-0.2, -0.15) is 0 Å². The highest BCUT2D eigenvalue weighted by molar-refractivity contribution is 5.35. The lowest BCUT2D eigenvalue weighted by Gasteiger charge is -2.19. The number of benzene rings is 2. The van der Waals surface area contributed by atoms with Crippen molar-refractivity contribution in [1.29, 1.82) is 0 Å². The van der Waals surface area contributed by atoms with Gasteiger partial charge in [0.1, 0.15) is 5.75 Å². The average molecular weight is 328 g/mol. The molecule has 0 amide bonds. The van der Waals surface area contributed by atoms with Gasteiger partial charge in [0.25, 0.3) is 0 Å². The van der Waals surface area contributed by atoms with Crippen molar-refractivity contribution >= 4 is 0 Å². The minimum Gasteiger partial charge on any atom is -0.508 e. The molecule has 4 nitrogen and oxygen atoms in total. The van der Waals surface area contributed by atoms with Crippen LogP contribution < -0.4 is 11.1 Å². The molecule has 0 aromatic heterocycles. The number of nitrogens with two attached hydrogens (primary N) is 1. The van der Waals surface area contributed by atoms with Crippen molar-refractivity contribution < 1.29 is 10.2 Å². The zero-order chi connectivity index (χ0) is 17.5. The summed E-state index contributed by atoms with van der Waals surface area (Å²) in [5.74, 6) is 0.639. The van der Waals surface area contributed by atoms with Crippen LogP contribution in [-0.4, -0.2) is 28.9 Å². The number of phenolic OH excluding ortho intramolecular Hbond substituents is 1. The van der Waals surface area contributed by atoms with Gasteiger partial charge in [-0.1, -0.05) is 50.2 Å². The van der Waals surface area contributed by atoms with Gasteiger partial charge < -0.3 is 21.3 Å². The first-order chi connectivity index (χ1) is 11.5. The molecule has 0 unspecified atom stereocenters. The first-order valence-corrected chi connectivity index (χ1v) is 8.47. The Kier molecular flexibility index (Phi) is 6.79. The summed E-state index contributed by atoms with van der Waals surface area (Å²) in [6.45, 7) is 5.20. The normalized spacial score (nSPS) is 13.9. The molecule has 0 heterocycles. The van der Waals surface area contributed by atoms with Crippen molar-refractivity contribution in [3.05, 3.63) is 65.2 Å². The summed E-state index contributed by atoms with van der Waals surface area (Å²) in [6.07, 6.45) is 0.0277. The van der Waals surface area contributed by atoms with E-state index in [4.69, 9.17) is 5.73 Å². The molecular formula is C20H28N2O2. The number of nitrogens with one attached hydrogen (secondary N) is 1. The number of aromatic hydroxyl groups is 1. The second kappa shape index (κ2) is 8.83. The Morgan fingerprint density at radius 2 is 1.75 bits per heavy atom. The van der Waals surface area contributed by atoms with Crippen molar-refractivity contribution in [3.8, 4) is 5.75 Å². The van der Waals surface area contributed by atoms with Crippen molar-refractivity contribution in [2.45, 2.75) is 44.9 Å². The molecule has 0 bridgehead atoms. The first-order valence-electron chi connectivity index (χ1n) is 8.47. The fourth-order valence-electron chi connectivity index (χ4n) is 2.67. The molecule has 2 aromatic rings. The number of rotatable bonds is 8. The standard InChI is InChI=1S/C20H28N2O2/c1-14(2)17-8-16(9-18(23)11-17)12-22-13-20(24)19(21)10-15-6-4-3-5-7-15/h3-9,11,14,19-20,22-24H,10,12-13,21H2,1-2H3/t19-,20+/m0/s1. The van der Waals surface area contributed by atoms with Crippen molar-refractivity contribution in [2.75, 3.05) is 6.54 Å². The number of phenols is 1. The quantitative estimate of drug-likeness (QED) is 0.600. The average Bonchev–Trinajstić information content (AvgIpc) is 2.55. The molecule has 4 heteroatoms. The third kappa shape index (κ3) is 5.64. The third-order valence-electron chi connectivity index (χ3n) is 4.16. The molecule has 24 heavy (non-hydrogen) atoms. The minimum atomic E-state index is -0.618. The minimum absolute atomic E-state index is 0.277. The number of hydrogen-bond donors (Lipinski definition) is 4. The molecule has 2 atom stereocenters. The molecule has 5 N–H and O–H groups in total. The van der Waals surface area contributed by atoms with Gasteiger partial charge in [0, 0.05) is 19.1 Å². The molecule has 0 fully saturated rings. The summed E-state index contributed by atoms with van der Waals surface area (Å²) >= 11 is 0. The highest BCUT2D eigenvalue weighted by Crippen LogP contribution is 2.22. The van der Waals surface area contributed by atoms with E-state index in [1.807, 2.05) is 30.3 Å². The number of aliphatic hydroxyl groups is 1. The van der Waals surface area contributed by atoms with Crippen LogP contribution in [0.25, 0.3) is 0 Å². The van der Waals surface area contributed by atoms with E-state index >= 15 is 0 Å². The summed E-state index contributed by atoms with van der Waals surface area (Å²) in [7, 11) is 0. The van der Waals surface area contributed by atoms with Crippen LogP contribution in [0, 0.1) is 0 Å². The van der Waals surface area contributed by atoms with Gasteiger partial charge in [0.05, 0.1) is 6.10 Å². The molecule has 0 spiro atoms. The van der Waals surface area contributed by atoms with Gasteiger partial charge in [-0.25, -0.2) is 0 Å². The highest BCUT2D eigenvalue weighted by Gasteiger charge is 2.15. The fourth-order valence-corrected chi connectivity index (χ4v) is 2.67. The summed E-state index contributed by atoms with van der Waals surface area (Å²) in [5, 5.41) is 23.2. The van der Waals surface area contributed by atoms with Crippen molar-refractivity contribution in [1.82, 2.24) is 5.32 Å². The zero-order valence-electron chi connectivity index (χ0n) is 14.4. The molecule has 0 saturated carbocycles. The van der Waals surface area contributed by atoms with Crippen LogP contribution in [0.15, 0.2) is 48.5 Å². The van der Waals surface area contributed by atoms with E-state index in [1.165, 1.54) is 0 Å². The van der Waals surface area contributed by atoms with Gasteiger partial charge in [-0.15, -0.1) is 0 Å².